The van der Waals surface area contributed by atoms with Gasteiger partial charge in [0.05, 0.1) is 33.0 Å². The van der Waals surface area contributed by atoms with Crippen molar-refractivity contribution in [3.63, 3.8) is 0 Å². The molecular weight excluding hydrogens is 852 g/mol. The minimum absolute atomic E-state index is 0.733. The van der Waals surface area contributed by atoms with Gasteiger partial charge >= 0.3 is 0 Å². The molecule has 0 spiro atoms. The number of rotatable bonds is 15. The first-order valence-electron chi connectivity index (χ1n) is 19.6. The quantitative estimate of drug-likeness (QED) is 0.0725. The van der Waals surface area contributed by atoms with Gasteiger partial charge in [-0.15, -0.1) is 0 Å². The maximum Gasteiger partial charge on any atom is 0.217 e. The Morgan fingerprint density at radius 2 is 0.742 bits per heavy atom. The molecule has 0 aromatic heterocycles. The lowest BCUT2D eigenvalue weighted by atomic mass is 9.93. The second kappa shape index (κ2) is 22.0. The number of ether oxygens (including phenoxy) is 9. The van der Waals surface area contributed by atoms with Crippen LogP contribution in [0.2, 0.25) is 0 Å². The number of carbonyl (C=O) groups excluding carboxylic acids is 2. The second-order valence-corrected chi connectivity index (χ2v) is 15.4. The van der Waals surface area contributed by atoms with Gasteiger partial charge in [-0.1, -0.05) is 0 Å². The molecule has 0 aromatic carbocycles. The van der Waals surface area contributed by atoms with Crippen LogP contribution < -0.4 is 10.6 Å². The van der Waals surface area contributed by atoms with Crippen molar-refractivity contribution in [3.8, 4) is 0 Å². The maximum absolute atomic E-state index is 12.6. The van der Waals surface area contributed by atoms with Crippen LogP contribution in [0.25, 0.3) is 0 Å². The topological polar surface area (TPSA) is 445 Å². The van der Waals surface area contributed by atoms with E-state index >= 15 is 0 Å². The van der Waals surface area contributed by atoms with Crippen LogP contribution in [0.4, 0.5) is 0 Å². The monoisotopic (exact) mass is 910 g/mol. The summed E-state index contributed by atoms with van der Waals surface area (Å²) >= 11 is 0. The Hall–Kier alpha value is -2.02. The molecule has 5 heterocycles. The molecule has 0 bridgehead atoms. The lowest BCUT2D eigenvalue weighted by Crippen LogP contribution is -2.71. The molecular formula is C34H58N2O26. The van der Waals surface area contributed by atoms with Crippen molar-refractivity contribution in [2.24, 2.45) is 0 Å². The Balaban J connectivity index is 1.41. The standard InChI is InChI=1S/C34H58N2O26/c1-8(42)35-15-21(48)17(44)10(3-37)55-31(15)60-27-16(36-9(2)43)32(56-11(4-38)18(27)45)61-28-19(46)12(5-39)58-34(24(28)51)62-29-20(47)13(6-40)57-33(25(29)52)59-26-14(7-41)54-30(53)23(50)22(26)49/h10-34,37-41,44-53H,3-7H2,1-2H3,(H,35,42)(H,36,43)/t10-,11-,12-,13-,14-,15-,16-,17+,18+,19+,20+,21-,22-,23-,24-,25-,26-,27-,28+,29+,30?,31-,32+,33+,34-/m1/s1. The predicted octanol–water partition coefficient (Wildman–Crippen LogP) is -11.6. The van der Waals surface area contributed by atoms with Crippen LogP contribution in [0.5, 0.6) is 0 Å². The summed E-state index contributed by atoms with van der Waals surface area (Å²) in [5.41, 5.74) is 0. The first-order valence-corrected chi connectivity index (χ1v) is 19.6. The molecule has 0 radical (unpaired) electrons. The molecule has 5 fully saturated rings. The summed E-state index contributed by atoms with van der Waals surface area (Å²) in [4.78, 5) is 24.6. The molecule has 1 unspecified atom stereocenters. The molecule has 28 heteroatoms. The summed E-state index contributed by atoms with van der Waals surface area (Å²) in [5, 5.41) is 163. The van der Waals surface area contributed by atoms with Gasteiger partial charge in [0, 0.05) is 13.8 Å². The zero-order valence-corrected chi connectivity index (χ0v) is 33.2. The Bertz CT molecular complexity index is 1440. The van der Waals surface area contributed by atoms with Gasteiger partial charge in [-0.3, -0.25) is 9.59 Å². The smallest absolute Gasteiger partial charge is 0.217 e. The predicted molar refractivity (Wildman–Crippen MR) is 190 cm³/mol. The van der Waals surface area contributed by atoms with E-state index in [0.717, 1.165) is 13.8 Å². The Labute approximate surface area is 351 Å². The lowest BCUT2D eigenvalue weighted by Gasteiger charge is -2.50. The van der Waals surface area contributed by atoms with Crippen molar-refractivity contribution in [1.29, 1.82) is 0 Å². The lowest BCUT2D eigenvalue weighted by molar-refractivity contribution is -0.388. The van der Waals surface area contributed by atoms with Gasteiger partial charge in [0.2, 0.25) is 11.8 Å². The second-order valence-electron chi connectivity index (χ2n) is 15.4. The fraction of sp³-hybridized carbons (Fsp3) is 0.941. The van der Waals surface area contributed by atoms with Gasteiger partial charge in [0.15, 0.2) is 31.5 Å². The summed E-state index contributed by atoms with van der Waals surface area (Å²) in [6.45, 7) is -2.56. The van der Waals surface area contributed by atoms with Crippen LogP contribution in [0.15, 0.2) is 0 Å². The van der Waals surface area contributed by atoms with E-state index in [9.17, 15) is 86.2 Å². The summed E-state index contributed by atoms with van der Waals surface area (Å²) < 4.78 is 50.8. The molecule has 0 saturated carbocycles. The summed E-state index contributed by atoms with van der Waals surface area (Å²) in [5.74, 6) is -1.55. The van der Waals surface area contributed by atoms with Crippen LogP contribution in [-0.2, 0) is 52.2 Å². The van der Waals surface area contributed by atoms with Crippen LogP contribution in [0, 0.1) is 0 Å². The van der Waals surface area contributed by atoms with E-state index < -0.39 is 198 Å². The van der Waals surface area contributed by atoms with E-state index in [4.69, 9.17) is 42.6 Å². The molecule has 5 saturated heterocycles. The highest BCUT2D eigenvalue weighted by Gasteiger charge is 2.57. The zero-order valence-electron chi connectivity index (χ0n) is 33.2. The molecule has 2 amide bonds. The van der Waals surface area contributed by atoms with Gasteiger partial charge in [-0.05, 0) is 0 Å². The van der Waals surface area contributed by atoms with Crippen molar-refractivity contribution in [2.45, 2.75) is 167 Å². The SMILES string of the molecule is CC(=O)N[C@H]1[C@@H](O[C@H]2[C@@H](O)[C@@H](CO)O[C@@H](O[C@H]3[C@@H](O)[C@@H](CO)O[C@H](O[C@H]4[C@@H](O)[C@@H](CO)O[C@@H](O[C@H]5[C@H](O)[C@@H](O)C(O)O[C@@H]5CO)[C@@H]4O)[C@@H]3O)[C@@H]2NC(C)=O)O[C@H](CO)[C@H](O)[C@@H]1O. The molecule has 360 valence electrons. The third-order valence-electron chi connectivity index (χ3n) is 11.1. The minimum atomic E-state index is -2.20. The first kappa shape index (κ1) is 51.0. The molecule has 0 aromatic rings. The number of amides is 2. The van der Waals surface area contributed by atoms with E-state index in [1.54, 1.807) is 0 Å². The molecule has 25 atom stereocenters. The van der Waals surface area contributed by atoms with Gasteiger partial charge < -0.3 is 130 Å². The fourth-order valence-electron chi connectivity index (χ4n) is 7.83. The van der Waals surface area contributed by atoms with Crippen LogP contribution in [-0.4, -0.2) is 275 Å². The van der Waals surface area contributed by atoms with Gasteiger partial charge in [-0.2, -0.15) is 0 Å². The van der Waals surface area contributed by atoms with Crippen molar-refractivity contribution >= 4 is 11.8 Å². The Kier molecular flexibility index (Phi) is 18.1. The normalized spacial score (nSPS) is 49.0. The Morgan fingerprint density at radius 3 is 1.19 bits per heavy atom. The number of hydrogen-bond acceptors (Lipinski definition) is 26. The molecule has 62 heavy (non-hydrogen) atoms. The van der Waals surface area contributed by atoms with Crippen LogP contribution >= 0.6 is 0 Å². The molecule has 28 nitrogen and oxygen atoms in total. The highest BCUT2D eigenvalue weighted by Crippen LogP contribution is 2.36. The Morgan fingerprint density at radius 1 is 0.387 bits per heavy atom. The van der Waals surface area contributed by atoms with Crippen molar-refractivity contribution in [3.05, 3.63) is 0 Å². The largest absolute Gasteiger partial charge is 0.394 e. The highest BCUT2D eigenvalue weighted by atomic mass is 16.8. The first-order chi connectivity index (χ1) is 29.3. The number of aliphatic hydroxyl groups excluding tert-OH is 15. The summed E-state index contributed by atoms with van der Waals surface area (Å²) in [6, 6.07) is -3.25. The highest BCUT2D eigenvalue weighted by molar-refractivity contribution is 5.73. The van der Waals surface area contributed by atoms with Crippen LogP contribution in [0.3, 0.4) is 0 Å². The summed E-state index contributed by atoms with van der Waals surface area (Å²) in [7, 11) is 0. The minimum Gasteiger partial charge on any atom is -0.394 e. The average molecular weight is 911 g/mol. The van der Waals surface area contributed by atoms with E-state index in [1.165, 1.54) is 0 Å². The third-order valence-corrected chi connectivity index (χ3v) is 11.1. The van der Waals surface area contributed by atoms with E-state index in [2.05, 4.69) is 10.6 Å². The van der Waals surface area contributed by atoms with Crippen molar-refractivity contribution in [2.75, 3.05) is 33.0 Å². The molecule has 0 aliphatic carbocycles. The third kappa shape index (κ3) is 10.8. The average Bonchev–Trinajstić information content (AvgIpc) is 3.23. The zero-order chi connectivity index (χ0) is 45.9. The van der Waals surface area contributed by atoms with Gasteiger partial charge in [-0.25, -0.2) is 0 Å². The van der Waals surface area contributed by atoms with Crippen molar-refractivity contribution in [1.82, 2.24) is 10.6 Å². The molecule has 17 N–H and O–H groups in total. The number of aliphatic hydroxyl groups is 15. The number of nitrogens with one attached hydrogen (secondary N) is 2. The van der Waals surface area contributed by atoms with Crippen LogP contribution in [0.1, 0.15) is 13.8 Å². The van der Waals surface area contributed by atoms with E-state index in [1.807, 2.05) is 0 Å². The van der Waals surface area contributed by atoms with Gasteiger partial charge in [0.1, 0.15) is 122 Å². The van der Waals surface area contributed by atoms with E-state index in [0.29, 0.717) is 0 Å². The molecule has 5 aliphatic rings. The van der Waals surface area contributed by atoms with Crippen molar-refractivity contribution < 1.29 is 129 Å². The molecule has 5 aliphatic heterocycles. The number of carbonyl (C=O) groups is 2. The molecule has 5 rings (SSSR count). The van der Waals surface area contributed by atoms with Gasteiger partial charge in [0.25, 0.3) is 0 Å². The summed E-state index contributed by atoms with van der Waals surface area (Å²) in [6.07, 6.45) is -42.7. The maximum atomic E-state index is 12.6. The number of hydrogen-bond donors (Lipinski definition) is 17. The fourth-order valence-corrected chi connectivity index (χ4v) is 7.83. The van der Waals surface area contributed by atoms with E-state index in [-0.39, 0.29) is 0 Å².